The highest BCUT2D eigenvalue weighted by Crippen LogP contribution is 2.31. The van der Waals surface area contributed by atoms with E-state index in [9.17, 15) is 0 Å². The number of hydrogen-bond donors (Lipinski definition) is 2. The van der Waals surface area contributed by atoms with E-state index in [0.717, 1.165) is 11.1 Å². The number of nitrogen functional groups attached to an aromatic ring is 1. The summed E-state index contributed by atoms with van der Waals surface area (Å²) >= 11 is 6.00. The Labute approximate surface area is 111 Å². The third-order valence-electron chi connectivity index (χ3n) is 2.80. The van der Waals surface area contributed by atoms with Crippen LogP contribution < -0.4 is 16.2 Å². The number of rotatable bonds is 3. The molecule has 4 heteroatoms. The van der Waals surface area contributed by atoms with Crippen molar-refractivity contribution in [1.82, 2.24) is 0 Å². The molecule has 0 saturated carbocycles. The standard InChI is InChI=1S/C14H15ClN2O/c1-18-13-6-5-10(15)8-12(13)14(17)9-3-2-4-11(16)7-9/h2-8,14H,16-17H2,1H3. The molecule has 2 aromatic rings. The van der Waals surface area contributed by atoms with Crippen LogP contribution in [0.15, 0.2) is 42.5 Å². The molecule has 0 amide bonds. The average molecular weight is 263 g/mol. The van der Waals surface area contributed by atoms with Crippen molar-refractivity contribution in [3.05, 3.63) is 58.6 Å². The van der Waals surface area contributed by atoms with E-state index in [1.807, 2.05) is 36.4 Å². The largest absolute Gasteiger partial charge is 0.496 e. The molecule has 0 fully saturated rings. The van der Waals surface area contributed by atoms with E-state index in [-0.39, 0.29) is 6.04 Å². The molecule has 0 heterocycles. The van der Waals surface area contributed by atoms with Gasteiger partial charge in [-0.2, -0.15) is 0 Å². The number of ether oxygens (including phenoxy) is 1. The highest BCUT2D eigenvalue weighted by atomic mass is 35.5. The topological polar surface area (TPSA) is 61.3 Å². The minimum Gasteiger partial charge on any atom is -0.496 e. The maximum absolute atomic E-state index is 6.24. The van der Waals surface area contributed by atoms with Gasteiger partial charge in [-0.15, -0.1) is 0 Å². The summed E-state index contributed by atoms with van der Waals surface area (Å²) in [6.07, 6.45) is 0. The van der Waals surface area contributed by atoms with Crippen molar-refractivity contribution in [3.63, 3.8) is 0 Å². The van der Waals surface area contributed by atoms with Crippen LogP contribution in [-0.2, 0) is 0 Å². The highest BCUT2D eigenvalue weighted by Gasteiger charge is 2.14. The Morgan fingerprint density at radius 2 is 1.94 bits per heavy atom. The van der Waals surface area contributed by atoms with Gasteiger partial charge in [-0.05, 0) is 35.9 Å². The Morgan fingerprint density at radius 3 is 2.61 bits per heavy atom. The zero-order chi connectivity index (χ0) is 13.1. The zero-order valence-electron chi connectivity index (χ0n) is 10.1. The Balaban J connectivity index is 2.44. The van der Waals surface area contributed by atoms with Crippen molar-refractivity contribution < 1.29 is 4.74 Å². The van der Waals surface area contributed by atoms with Crippen molar-refractivity contribution >= 4 is 17.3 Å². The first-order chi connectivity index (χ1) is 8.61. The zero-order valence-corrected chi connectivity index (χ0v) is 10.8. The summed E-state index contributed by atoms with van der Waals surface area (Å²) in [6, 6.07) is 12.6. The first-order valence-corrected chi connectivity index (χ1v) is 5.94. The van der Waals surface area contributed by atoms with E-state index >= 15 is 0 Å². The molecule has 0 radical (unpaired) electrons. The first kappa shape index (κ1) is 12.7. The molecular weight excluding hydrogens is 248 g/mol. The number of methoxy groups -OCH3 is 1. The van der Waals surface area contributed by atoms with Crippen LogP contribution in [0.4, 0.5) is 5.69 Å². The van der Waals surface area contributed by atoms with E-state index in [4.69, 9.17) is 27.8 Å². The minimum absolute atomic E-state index is 0.317. The summed E-state index contributed by atoms with van der Waals surface area (Å²) < 4.78 is 5.30. The second-order valence-corrected chi connectivity index (χ2v) is 4.47. The molecular formula is C14H15ClN2O. The number of benzene rings is 2. The van der Waals surface area contributed by atoms with Crippen LogP contribution in [0, 0.1) is 0 Å². The molecule has 0 bridgehead atoms. The molecule has 4 N–H and O–H groups in total. The molecule has 0 saturated heterocycles. The van der Waals surface area contributed by atoms with Crippen LogP contribution in [0.3, 0.4) is 0 Å². The summed E-state index contributed by atoms with van der Waals surface area (Å²) in [7, 11) is 1.61. The fourth-order valence-corrected chi connectivity index (χ4v) is 2.06. The van der Waals surface area contributed by atoms with Crippen molar-refractivity contribution in [1.29, 1.82) is 0 Å². The molecule has 18 heavy (non-hydrogen) atoms. The van der Waals surface area contributed by atoms with E-state index < -0.39 is 0 Å². The van der Waals surface area contributed by atoms with Gasteiger partial charge in [-0.1, -0.05) is 23.7 Å². The molecule has 3 nitrogen and oxygen atoms in total. The van der Waals surface area contributed by atoms with Crippen LogP contribution in [0.5, 0.6) is 5.75 Å². The van der Waals surface area contributed by atoms with E-state index in [1.165, 1.54) is 0 Å². The Kier molecular flexibility index (Phi) is 3.75. The van der Waals surface area contributed by atoms with Crippen LogP contribution in [0.25, 0.3) is 0 Å². The fraction of sp³-hybridized carbons (Fsp3) is 0.143. The van der Waals surface area contributed by atoms with Gasteiger partial charge >= 0.3 is 0 Å². The van der Waals surface area contributed by atoms with Gasteiger partial charge in [0.1, 0.15) is 5.75 Å². The molecule has 1 unspecified atom stereocenters. The SMILES string of the molecule is COc1ccc(Cl)cc1C(N)c1cccc(N)c1. The van der Waals surface area contributed by atoms with Gasteiger partial charge < -0.3 is 16.2 Å². The van der Waals surface area contributed by atoms with Crippen LogP contribution in [0.1, 0.15) is 17.2 Å². The maximum Gasteiger partial charge on any atom is 0.124 e. The van der Waals surface area contributed by atoms with Crippen LogP contribution in [-0.4, -0.2) is 7.11 Å². The van der Waals surface area contributed by atoms with E-state index in [1.54, 1.807) is 13.2 Å². The Morgan fingerprint density at radius 1 is 1.17 bits per heavy atom. The smallest absolute Gasteiger partial charge is 0.124 e. The van der Waals surface area contributed by atoms with Crippen LogP contribution >= 0.6 is 11.6 Å². The molecule has 0 spiro atoms. The lowest BCUT2D eigenvalue weighted by Gasteiger charge is -2.16. The van der Waals surface area contributed by atoms with Crippen molar-refractivity contribution in [2.75, 3.05) is 12.8 Å². The Hall–Kier alpha value is -1.71. The lowest BCUT2D eigenvalue weighted by atomic mass is 9.98. The van der Waals surface area contributed by atoms with Crippen molar-refractivity contribution in [3.8, 4) is 5.75 Å². The number of nitrogens with two attached hydrogens (primary N) is 2. The van der Waals surface area contributed by atoms with Gasteiger partial charge in [0.05, 0.1) is 13.2 Å². The minimum atomic E-state index is -0.317. The first-order valence-electron chi connectivity index (χ1n) is 5.56. The third kappa shape index (κ3) is 2.58. The monoisotopic (exact) mass is 262 g/mol. The quantitative estimate of drug-likeness (QED) is 0.836. The molecule has 2 rings (SSSR count). The normalized spacial score (nSPS) is 12.2. The van der Waals surface area contributed by atoms with Crippen LogP contribution in [0.2, 0.25) is 5.02 Å². The van der Waals surface area contributed by atoms with E-state index in [2.05, 4.69) is 0 Å². The fourth-order valence-electron chi connectivity index (χ4n) is 1.88. The van der Waals surface area contributed by atoms with Gasteiger partial charge in [-0.3, -0.25) is 0 Å². The van der Waals surface area contributed by atoms with Gasteiger partial charge in [-0.25, -0.2) is 0 Å². The molecule has 1 atom stereocenters. The van der Waals surface area contributed by atoms with Gasteiger partial charge in [0, 0.05) is 16.3 Å². The van der Waals surface area contributed by atoms with Crippen molar-refractivity contribution in [2.45, 2.75) is 6.04 Å². The second-order valence-electron chi connectivity index (χ2n) is 4.03. The van der Waals surface area contributed by atoms with Crippen molar-refractivity contribution in [2.24, 2.45) is 5.73 Å². The van der Waals surface area contributed by atoms with Gasteiger partial charge in [0.25, 0.3) is 0 Å². The molecule has 94 valence electrons. The summed E-state index contributed by atoms with van der Waals surface area (Å²) in [5.41, 5.74) is 14.5. The lowest BCUT2D eigenvalue weighted by molar-refractivity contribution is 0.408. The summed E-state index contributed by atoms with van der Waals surface area (Å²) in [6.45, 7) is 0. The lowest BCUT2D eigenvalue weighted by Crippen LogP contribution is -2.13. The van der Waals surface area contributed by atoms with Gasteiger partial charge in [0.15, 0.2) is 0 Å². The molecule has 0 aliphatic heterocycles. The summed E-state index contributed by atoms with van der Waals surface area (Å²) in [4.78, 5) is 0. The number of hydrogen-bond acceptors (Lipinski definition) is 3. The molecule has 0 aromatic heterocycles. The predicted octanol–water partition coefficient (Wildman–Crippen LogP) is 2.98. The predicted molar refractivity (Wildman–Crippen MR) is 74.9 cm³/mol. The second kappa shape index (κ2) is 5.29. The summed E-state index contributed by atoms with van der Waals surface area (Å²) in [5.74, 6) is 0.717. The Bertz CT molecular complexity index is 557. The molecule has 0 aliphatic carbocycles. The number of halogens is 1. The van der Waals surface area contributed by atoms with Gasteiger partial charge in [0.2, 0.25) is 0 Å². The molecule has 0 aliphatic rings. The average Bonchev–Trinajstić information content (AvgIpc) is 2.38. The molecule has 2 aromatic carbocycles. The maximum atomic E-state index is 6.24. The number of anilines is 1. The highest BCUT2D eigenvalue weighted by molar-refractivity contribution is 6.30. The van der Waals surface area contributed by atoms with E-state index in [0.29, 0.717) is 16.5 Å². The summed E-state index contributed by atoms with van der Waals surface area (Å²) in [5, 5.41) is 0.630. The third-order valence-corrected chi connectivity index (χ3v) is 3.03.